The summed E-state index contributed by atoms with van der Waals surface area (Å²) in [5.74, 6) is -0.607. The lowest BCUT2D eigenvalue weighted by molar-refractivity contribution is 0.101. The Labute approximate surface area is 215 Å². The van der Waals surface area contributed by atoms with Crippen molar-refractivity contribution in [3.05, 3.63) is 67.8 Å². The van der Waals surface area contributed by atoms with Gasteiger partial charge in [-0.15, -0.1) is 10.2 Å². The Hall–Kier alpha value is -2.61. The average molecular weight is 631 g/mol. The number of amides is 1. The predicted octanol–water partition coefficient (Wildman–Crippen LogP) is 4.60. The number of carbonyl (C=O) groups is 1. The molecule has 3 heterocycles. The van der Waals surface area contributed by atoms with E-state index in [1.54, 1.807) is 37.4 Å². The number of nitrogens with zero attached hydrogens (tertiary/aromatic N) is 5. The average Bonchev–Trinajstić information content (AvgIpc) is 3.35. The lowest BCUT2D eigenvalue weighted by Crippen LogP contribution is -2.19. The monoisotopic (exact) mass is 628 g/mol. The van der Waals surface area contributed by atoms with Crippen LogP contribution < -0.4 is 5.32 Å². The molecule has 0 saturated carbocycles. The molecule has 0 unspecified atom stereocenters. The van der Waals surface area contributed by atoms with Gasteiger partial charge in [-0.3, -0.25) is 4.79 Å². The first kappa shape index (κ1) is 24.5. The summed E-state index contributed by atoms with van der Waals surface area (Å²) in [4.78, 5) is 17.5. The minimum Gasteiger partial charge on any atom is -0.420 e. The quantitative estimate of drug-likeness (QED) is 0.327. The fourth-order valence-corrected chi connectivity index (χ4v) is 4.82. The van der Waals surface area contributed by atoms with E-state index in [4.69, 9.17) is 16.0 Å². The first-order chi connectivity index (χ1) is 16.0. The Bertz CT molecular complexity index is 1520. The molecule has 0 atom stereocenters. The summed E-state index contributed by atoms with van der Waals surface area (Å²) < 4.78 is 31.2. The summed E-state index contributed by atoms with van der Waals surface area (Å²) >= 11 is 13.0. The molecule has 4 rings (SSSR count). The maximum Gasteiger partial charge on any atom is 0.274 e. The number of hydrogen-bond donors (Lipinski definition) is 1. The number of anilines is 1. The largest absolute Gasteiger partial charge is 0.420 e. The van der Waals surface area contributed by atoms with Crippen LogP contribution in [0.4, 0.5) is 5.69 Å². The first-order valence-corrected chi connectivity index (χ1v) is 13.5. The number of benzene rings is 1. The van der Waals surface area contributed by atoms with Gasteiger partial charge in [0.2, 0.25) is 11.8 Å². The minimum atomic E-state index is -3.37. The number of nitrogens with one attached hydrogen (secondary N) is 1. The number of sulfone groups is 1. The van der Waals surface area contributed by atoms with Gasteiger partial charge in [0.15, 0.2) is 15.7 Å². The fraction of sp³-hybridized carbons (Fsp3) is 0.150. The van der Waals surface area contributed by atoms with Crippen LogP contribution in [0.2, 0.25) is 5.02 Å². The van der Waals surface area contributed by atoms with Gasteiger partial charge < -0.3 is 9.73 Å². The molecular formula is C20H15Br2ClN6O4S. The van der Waals surface area contributed by atoms with Gasteiger partial charge in [-0.25, -0.2) is 18.1 Å². The molecule has 3 aromatic heterocycles. The molecule has 1 amide bonds. The number of aryl methyl sites for hydroxylation is 1. The lowest BCUT2D eigenvalue weighted by Gasteiger charge is -2.14. The van der Waals surface area contributed by atoms with Crippen LogP contribution in [-0.4, -0.2) is 45.5 Å². The summed E-state index contributed by atoms with van der Waals surface area (Å²) in [5.41, 5.74) is 1.68. The summed E-state index contributed by atoms with van der Waals surface area (Å²) in [6.45, 7) is 1.79. The van der Waals surface area contributed by atoms with E-state index in [9.17, 15) is 13.2 Å². The summed E-state index contributed by atoms with van der Waals surface area (Å²) in [5, 5.41) is 15.2. The Morgan fingerprint density at radius 2 is 2.00 bits per heavy atom. The highest BCUT2D eigenvalue weighted by Gasteiger charge is 2.23. The molecule has 0 aliphatic rings. The van der Waals surface area contributed by atoms with E-state index < -0.39 is 21.5 Å². The minimum absolute atomic E-state index is 0.0563. The van der Waals surface area contributed by atoms with Crippen LogP contribution in [0, 0.1) is 6.92 Å². The highest BCUT2D eigenvalue weighted by molar-refractivity contribution is 9.10. The molecular weight excluding hydrogens is 616 g/mol. The van der Waals surface area contributed by atoms with Crippen LogP contribution in [0.25, 0.3) is 17.3 Å². The fourth-order valence-electron chi connectivity index (χ4n) is 3.11. The molecule has 0 fully saturated rings. The topological polar surface area (TPSA) is 133 Å². The van der Waals surface area contributed by atoms with Gasteiger partial charge in [0.25, 0.3) is 5.91 Å². The maximum absolute atomic E-state index is 13.3. The van der Waals surface area contributed by atoms with Crippen molar-refractivity contribution in [2.45, 2.75) is 12.7 Å². The van der Waals surface area contributed by atoms with Crippen LogP contribution in [0.1, 0.15) is 21.9 Å². The zero-order chi connectivity index (χ0) is 24.6. The summed E-state index contributed by atoms with van der Waals surface area (Å²) in [6, 6.07) is 8.33. The number of rotatable bonds is 6. The second kappa shape index (κ2) is 9.56. The second-order valence-electron chi connectivity index (χ2n) is 7.24. The molecule has 0 radical (unpaired) electrons. The van der Waals surface area contributed by atoms with Gasteiger partial charge in [-0.05, 0) is 52.7 Å². The Kier molecular flexibility index (Phi) is 6.90. The van der Waals surface area contributed by atoms with Gasteiger partial charge in [0.1, 0.15) is 16.0 Å². The van der Waals surface area contributed by atoms with E-state index in [0.717, 1.165) is 6.26 Å². The number of aromatic nitrogens is 5. The van der Waals surface area contributed by atoms with Gasteiger partial charge in [0.05, 0.1) is 16.3 Å². The van der Waals surface area contributed by atoms with Crippen molar-refractivity contribution in [1.29, 1.82) is 0 Å². The predicted molar refractivity (Wildman–Crippen MR) is 133 cm³/mol. The Balaban J connectivity index is 1.74. The highest BCUT2D eigenvalue weighted by atomic mass is 79.9. The zero-order valence-electron chi connectivity index (χ0n) is 17.6. The van der Waals surface area contributed by atoms with Crippen molar-refractivity contribution >= 4 is 64.9 Å². The van der Waals surface area contributed by atoms with Crippen molar-refractivity contribution in [2.24, 2.45) is 0 Å². The molecule has 176 valence electrons. The third-order valence-electron chi connectivity index (χ3n) is 4.47. The van der Waals surface area contributed by atoms with Crippen molar-refractivity contribution in [1.82, 2.24) is 25.0 Å². The van der Waals surface area contributed by atoms with Gasteiger partial charge in [-0.2, -0.15) is 5.10 Å². The SMILES string of the molecule is Cc1cc(Br)cc(-c2nnc(CS(C)(=O)=O)o2)c1NC(=O)c1cc(Br)nn1-c1ncccc1Cl. The molecule has 1 aromatic carbocycles. The van der Waals surface area contributed by atoms with Crippen LogP contribution in [-0.2, 0) is 15.6 Å². The second-order valence-corrected chi connectivity index (χ2v) is 11.5. The van der Waals surface area contributed by atoms with E-state index in [1.807, 2.05) is 0 Å². The molecule has 1 N–H and O–H groups in total. The number of hydrogen-bond acceptors (Lipinski definition) is 8. The molecule has 0 aliphatic carbocycles. The third kappa shape index (κ3) is 5.37. The van der Waals surface area contributed by atoms with Crippen LogP contribution in [0.15, 0.2) is 50.0 Å². The van der Waals surface area contributed by atoms with Gasteiger partial charge >= 0.3 is 0 Å². The number of pyridine rings is 1. The standard InChI is InChI=1S/C20H15Br2ClN6O4S/c1-10-6-11(21)7-12(20-27-26-16(33-20)9-34(2,31)32)17(10)25-19(30)14-8-15(22)28-29(14)18-13(23)4-3-5-24-18/h3-8H,9H2,1-2H3,(H,25,30). The molecule has 0 spiro atoms. The molecule has 0 saturated heterocycles. The van der Waals surface area contributed by atoms with Crippen molar-refractivity contribution < 1.29 is 17.6 Å². The van der Waals surface area contributed by atoms with Gasteiger partial charge in [0, 0.05) is 23.0 Å². The van der Waals surface area contributed by atoms with E-state index >= 15 is 0 Å². The van der Waals surface area contributed by atoms with Gasteiger partial charge in [-0.1, -0.05) is 27.5 Å². The van der Waals surface area contributed by atoms with Crippen LogP contribution in [0.5, 0.6) is 0 Å². The van der Waals surface area contributed by atoms with Crippen molar-refractivity contribution in [3.8, 4) is 17.3 Å². The molecule has 0 bridgehead atoms. The highest BCUT2D eigenvalue weighted by Crippen LogP contribution is 2.34. The van der Waals surface area contributed by atoms with Crippen molar-refractivity contribution in [2.75, 3.05) is 11.6 Å². The lowest BCUT2D eigenvalue weighted by atomic mass is 10.1. The first-order valence-electron chi connectivity index (χ1n) is 9.50. The van der Waals surface area contributed by atoms with E-state index in [1.165, 1.54) is 10.7 Å². The number of carbonyl (C=O) groups excluding carboxylic acids is 1. The Morgan fingerprint density at radius 3 is 2.71 bits per heavy atom. The molecule has 34 heavy (non-hydrogen) atoms. The van der Waals surface area contributed by atoms with Crippen LogP contribution >= 0.6 is 43.5 Å². The van der Waals surface area contributed by atoms with Crippen molar-refractivity contribution in [3.63, 3.8) is 0 Å². The molecule has 4 aromatic rings. The number of halogens is 3. The molecule has 10 nitrogen and oxygen atoms in total. The van der Waals surface area contributed by atoms with E-state index in [0.29, 0.717) is 30.9 Å². The Morgan fingerprint density at radius 1 is 1.24 bits per heavy atom. The molecule has 0 aliphatic heterocycles. The van der Waals surface area contributed by atoms with E-state index in [2.05, 4.69) is 57.5 Å². The normalized spacial score (nSPS) is 11.6. The zero-order valence-corrected chi connectivity index (χ0v) is 22.3. The third-order valence-corrected chi connectivity index (χ3v) is 6.39. The molecule has 14 heteroatoms. The van der Waals surface area contributed by atoms with E-state index in [-0.39, 0.29) is 23.3 Å². The maximum atomic E-state index is 13.3. The smallest absolute Gasteiger partial charge is 0.274 e. The summed E-state index contributed by atoms with van der Waals surface area (Å²) in [7, 11) is -3.37. The van der Waals surface area contributed by atoms with Crippen LogP contribution in [0.3, 0.4) is 0 Å². The summed E-state index contributed by atoms with van der Waals surface area (Å²) in [6.07, 6.45) is 2.61.